The van der Waals surface area contributed by atoms with E-state index in [0.717, 1.165) is 21.7 Å². The Balaban J connectivity index is 1.70. The van der Waals surface area contributed by atoms with Crippen LogP contribution in [0.3, 0.4) is 0 Å². The lowest BCUT2D eigenvalue weighted by molar-refractivity contribution is 0.0950. The number of benzene rings is 1. The van der Waals surface area contributed by atoms with E-state index < -0.39 is 0 Å². The highest BCUT2D eigenvalue weighted by Gasteiger charge is 2.08. The van der Waals surface area contributed by atoms with E-state index in [-0.39, 0.29) is 5.91 Å². The fourth-order valence-electron chi connectivity index (χ4n) is 2.43. The molecule has 0 unspecified atom stereocenters. The van der Waals surface area contributed by atoms with E-state index >= 15 is 0 Å². The molecule has 5 nitrogen and oxygen atoms in total. The molecule has 24 heavy (non-hydrogen) atoms. The Morgan fingerprint density at radius 1 is 1.25 bits per heavy atom. The van der Waals surface area contributed by atoms with E-state index in [1.807, 2.05) is 49.7 Å². The first-order chi connectivity index (χ1) is 11.7. The highest BCUT2D eigenvalue weighted by molar-refractivity contribution is 7.98. The van der Waals surface area contributed by atoms with Gasteiger partial charge in [-0.15, -0.1) is 11.8 Å². The topological polar surface area (TPSA) is 59.8 Å². The number of hydrogen-bond acceptors (Lipinski definition) is 4. The number of carbonyl (C=O) groups excluding carboxylic acids is 1. The van der Waals surface area contributed by atoms with E-state index in [2.05, 4.69) is 15.4 Å². The van der Waals surface area contributed by atoms with E-state index in [4.69, 9.17) is 0 Å². The third kappa shape index (κ3) is 3.65. The van der Waals surface area contributed by atoms with Crippen LogP contribution in [0.25, 0.3) is 11.3 Å². The Labute approximate surface area is 145 Å². The van der Waals surface area contributed by atoms with Crippen LogP contribution in [-0.2, 0) is 13.6 Å². The van der Waals surface area contributed by atoms with Gasteiger partial charge in [0.25, 0.3) is 5.91 Å². The zero-order chi connectivity index (χ0) is 16.9. The maximum absolute atomic E-state index is 12.3. The average molecular weight is 338 g/mol. The van der Waals surface area contributed by atoms with Gasteiger partial charge in [-0.3, -0.25) is 14.5 Å². The lowest BCUT2D eigenvalue weighted by Gasteiger charge is -2.08. The summed E-state index contributed by atoms with van der Waals surface area (Å²) in [5.41, 5.74) is 3.58. The van der Waals surface area contributed by atoms with Crippen molar-refractivity contribution in [1.29, 1.82) is 0 Å². The summed E-state index contributed by atoms with van der Waals surface area (Å²) in [6, 6.07) is 11.5. The maximum atomic E-state index is 12.3. The first-order valence-electron chi connectivity index (χ1n) is 7.52. The van der Waals surface area contributed by atoms with Crippen molar-refractivity contribution in [2.75, 3.05) is 6.26 Å². The molecule has 0 atom stereocenters. The second-order valence-corrected chi connectivity index (χ2v) is 6.22. The largest absolute Gasteiger partial charge is 0.348 e. The van der Waals surface area contributed by atoms with Crippen molar-refractivity contribution >= 4 is 17.7 Å². The van der Waals surface area contributed by atoms with Crippen molar-refractivity contribution in [3.8, 4) is 11.3 Å². The molecular formula is C18H18N4OS. The van der Waals surface area contributed by atoms with Crippen molar-refractivity contribution < 1.29 is 4.79 Å². The van der Waals surface area contributed by atoms with Crippen LogP contribution >= 0.6 is 11.8 Å². The van der Waals surface area contributed by atoms with Crippen molar-refractivity contribution in [2.45, 2.75) is 11.4 Å². The molecule has 0 aliphatic heterocycles. The van der Waals surface area contributed by atoms with Gasteiger partial charge in [0.15, 0.2) is 0 Å². The third-order valence-electron chi connectivity index (χ3n) is 3.70. The smallest absolute Gasteiger partial charge is 0.251 e. The molecule has 0 radical (unpaired) electrons. The maximum Gasteiger partial charge on any atom is 0.251 e. The number of nitrogens with zero attached hydrogens (tertiary/aromatic N) is 3. The number of pyridine rings is 1. The fourth-order valence-corrected chi connectivity index (χ4v) is 2.89. The molecule has 0 saturated heterocycles. The molecule has 0 saturated carbocycles. The molecule has 0 aliphatic rings. The molecule has 0 spiro atoms. The molecule has 0 fully saturated rings. The summed E-state index contributed by atoms with van der Waals surface area (Å²) in [7, 11) is 1.89. The number of nitrogens with one attached hydrogen (secondary N) is 1. The first-order valence-corrected chi connectivity index (χ1v) is 8.74. The molecule has 122 valence electrons. The zero-order valence-electron chi connectivity index (χ0n) is 13.6. The predicted octanol–water partition coefficient (Wildman–Crippen LogP) is 3.13. The summed E-state index contributed by atoms with van der Waals surface area (Å²) in [4.78, 5) is 17.6. The van der Waals surface area contributed by atoms with Crippen LogP contribution in [0.15, 0.2) is 59.9 Å². The minimum absolute atomic E-state index is 0.0863. The SMILES string of the molecule is CSc1cccc(C(=O)NCc2cncc(-c3ccnn3C)c2)c1. The number of hydrogen-bond donors (Lipinski definition) is 1. The van der Waals surface area contributed by atoms with Crippen LogP contribution in [0.2, 0.25) is 0 Å². The van der Waals surface area contributed by atoms with E-state index in [1.54, 1.807) is 35.0 Å². The van der Waals surface area contributed by atoms with Gasteiger partial charge in [0.05, 0.1) is 5.69 Å². The second-order valence-electron chi connectivity index (χ2n) is 5.34. The number of amides is 1. The Morgan fingerprint density at radius 3 is 2.88 bits per heavy atom. The van der Waals surface area contributed by atoms with E-state index in [0.29, 0.717) is 12.1 Å². The Morgan fingerprint density at radius 2 is 2.12 bits per heavy atom. The van der Waals surface area contributed by atoms with Gasteiger partial charge >= 0.3 is 0 Å². The standard InChI is InChI=1S/C18H18N4OS/c1-22-17(6-7-21-22)15-8-13(10-19-12-15)11-20-18(23)14-4-3-5-16(9-14)24-2/h3-10,12H,11H2,1-2H3,(H,20,23). The average Bonchev–Trinajstić information content (AvgIpc) is 3.06. The highest BCUT2D eigenvalue weighted by atomic mass is 32.2. The lowest BCUT2D eigenvalue weighted by atomic mass is 10.1. The molecule has 1 N–H and O–H groups in total. The molecule has 0 bridgehead atoms. The van der Waals surface area contributed by atoms with Crippen molar-refractivity contribution in [3.05, 3.63) is 66.1 Å². The van der Waals surface area contributed by atoms with Crippen LogP contribution in [0, 0.1) is 0 Å². The molecule has 1 amide bonds. The highest BCUT2D eigenvalue weighted by Crippen LogP contribution is 2.18. The number of aryl methyl sites for hydroxylation is 1. The molecule has 3 aromatic rings. The summed E-state index contributed by atoms with van der Waals surface area (Å²) in [6.45, 7) is 0.432. The van der Waals surface area contributed by atoms with Gasteiger partial charge in [0.1, 0.15) is 0 Å². The lowest BCUT2D eigenvalue weighted by Crippen LogP contribution is -2.22. The molecular weight excluding hydrogens is 320 g/mol. The second kappa shape index (κ2) is 7.31. The quantitative estimate of drug-likeness (QED) is 0.726. The Bertz CT molecular complexity index is 859. The molecule has 3 rings (SSSR count). The van der Waals surface area contributed by atoms with Crippen molar-refractivity contribution in [3.63, 3.8) is 0 Å². The summed E-state index contributed by atoms with van der Waals surface area (Å²) >= 11 is 1.62. The molecule has 2 aromatic heterocycles. The van der Waals surface area contributed by atoms with Gasteiger partial charge in [-0.2, -0.15) is 5.10 Å². The minimum Gasteiger partial charge on any atom is -0.348 e. The summed E-state index contributed by atoms with van der Waals surface area (Å²) < 4.78 is 1.80. The van der Waals surface area contributed by atoms with Gasteiger partial charge in [-0.1, -0.05) is 6.07 Å². The zero-order valence-corrected chi connectivity index (χ0v) is 14.4. The summed E-state index contributed by atoms with van der Waals surface area (Å²) in [6.07, 6.45) is 7.30. The number of thioether (sulfide) groups is 1. The van der Waals surface area contributed by atoms with Gasteiger partial charge in [0, 0.05) is 48.2 Å². The van der Waals surface area contributed by atoms with E-state index in [1.165, 1.54) is 0 Å². The Hall–Kier alpha value is -2.60. The normalized spacial score (nSPS) is 10.6. The number of aromatic nitrogens is 3. The molecule has 6 heteroatoms. The number of rotatable bonds is 5. The van der Waals surface area contributed by atoms with Crippen molar-refractivity contribution in [1.82, 2.24) is 20.1 Å². The third-order valence-corrected chi connectivity index (χ3v) is 4.42. The monoisotopic (exact) mass is 338 g/mol. The Kier molecular flexibility index (Phi) is 4.96. The predicted molar refractivity (Wildman–Crippen MR) is 95.8 cm³/mol. The summed E-state index contributed by atoms with van der Waals surface area (Å²) in [5.74, 6) is -0.0863. The van der Waals surface area contributed by atoms with Gasteiger partial charge in [-0.05, 0) is 42.2 Å². The van der Waals surface area contributed by atoms with E-state index in [9.17, 15) is 4.79 Å². The molecule has 2 heterocycles. The fraction of sp³-hybridized carbons (Fsp3) is 0.167. The van der Waals surface area contributed by atoms with Crippen molar-refractivity contribution in [2.24, 2.45) is 7.05 Å². The van der Waals surface area contributed by atoms with Gasteiger partial charge in [0.2, 0.25) is 0 Å². The molecule has 0 aliphatic carbocycles. The van der Waals surface area contributed by atoms with Gasteiger partial charge < -0.3 is 5.32 Å². The van der Waals surface area contributed by atoms with Crippen LogP contribution < -0.4 is 5.32 Å². The van der Waals surface area contributed by atoms with Crippen LogP contribution in [0.5, 0.6) is 0 Å². The molecule has 1 aromatic carbocycles. The van der Waals surface area contributed by atoms with Crippen LogP contribution in [-0.4, -0.2) is 26.9 Å². The summed E-state index contributed by atoms with van der Waals surface area (Å²) in [5, 5.41) is 7.11. The van der Waals surface area contributed by atoms with Gasteiger partial charge in [-0.25, -0.2) is 0 Å². The van der Waals surface area contributed by atoms with Crippen LogP contribution in [0.1, 0.15) is 15.9 Å². The van der Waals surface area contributed by atoms with Crippen LogP contribution in [0.4, 0.5) is 0 Å². The number of carbonyl (C=O) groups is 1. The first kappa shape index (κ1) is 16.3. The minimum atomic E-state index is -0.0863.